The van der Waals surface area contributed by atoms with Gasteiger partial charge in [-0.3, -0.25) is 9.48 Å². The molecule has 1 fully saturated rings. The number of rotatable bonds is 5. The highest BCUT2D eigenvalue weighted by molar-refractivity contribution is 5.94. The summed E-state index contributed by atoms with van der Waals surface area (Å²) < 4.78 is 7.50. The van der Waals surface area contributed by atoms with Crippen LogP contribution in [0.5, 0.6) is 0 Å². The molecule has 0 N–H and O–H groups in total. The number of nitrogens with zero attached hydrogens (tertiary/aromatic N) is 7. The summed E-state index contributed by atoms with van der Waals surface area (Å²) in [5.41, 5.74) is 2.82. The van der Waals surface area contributed by atoms with Crippen LogP contribution in [-0.2, 0) is 13.5 Å². The van der Waals surface area contributed by atoms with Gasteiger partial charge in [-0.15, -0.1) is 0 Å². The molecule has 1 saturated heterocycles. The lowest BCUT2D eigenvalue weighted by molar-refractivity contribution is 0.0964. The van der Waals surface area contributed by atoms with Crippen molar-refractivity contribution in [3.05, 3.63) is 54.6 Å². The Morgan fingerprint density at radius 1 is 1.03 bits per heavy atom. The zero-order valence-electron chi connectivity index (χ0n) is 17.5. The molecule has 0 bridgehead atoms. The largest absolute Gasteiger partial charge is 0.420 e. The van der Waals surface area contributed by atoms with Crippen molar-refractivity contribution < 1.29 is 9.21 Å². The summed E-state index contributed by atoms with van der Waals surface area (Å²) in [6, 6.07) is 6.48. The number of aromatic nitrogens is 5. The van der Waals surface area contributed by atoms with Crippen LogP contribution in [-0.4, -0.2) is 68.6 Å². The number of ketones is 1. The topological polar surface area (TPSA) is 93.2 Å². The number of piperazine rings is 1. The number of fused-ring (bicyclic) bond motifs is 1. The van der Waals surface area contributed by atoms with Gasteiger partial charge in [0.05, 0.1) is 24.3 Å². The summed E-state index contributed by atoms with van der Waals surface area (Å²) in [6.07, 6.45) is 7.07. The Labute approximate surface area is 179 Å². The van der Waals surface area contributed by atoms with E-state index in [1.54, 1.807) is 10.9 Å². The fourth-order valence-corrected chi connectivity index (χ4v) is 3.67. The molecule has 158 valence electrons. The first kappa shape index (κ1) is 19.4. The van der Waals surface area contributed by atoms with Crippen LogP contribution in [0.4, 0.5) is 6.01 Å². The molecule has 1 aromatic carbocycles. The Kier molecular flexibility index (Phi) is 4.95. The molecule has 9 heteroatoms. The third-order valence-electron chi connectivity index (χ3n) is 5.53. The van der Waals surface area contributed by atoms with Crippen molar-refractivity contribution in [3.63, 3.8) is 0 Å². The van der Waals surface area contributed by atoms with Crippen LogP contribution in [0.2, 0.25) is 0 Å². The van der Waals surface area contributed by atoms with Crippen LogP contribution in [0.15, 0.2) is 47.4 Å². The second-order valence-electron chi connectivity index (χ2n) is 7.86. The van der Waals surface area contributed by atoms with Crippen molar-refractivity contribution in [2.75, 3.05) is 38.1 Å². The zero-order valence-corrected chi connectivity index (χ0v) is 17.5. The van der Waals surface area contributed by atoms with E-state index < -0.39 is 0 Å². The van der Waals surface area contributed by atoms with E-state index in [1.165, 1.54) is 6.20 Å². The second-order valence-corrected chi connectivity index (χ2v) is 7.86. The summed E-state index contributed by atoms with van der Waals surface area (Å²) in [7, 11) is 3.97. The molecular formula is C22H23N7O2. The first-order chi connectivity index (χ1) is 15.0. The van der Waals surface area contributed by atoms with E-state index in [1.807, 2.05) is 37.6 Å². The highest BCUT2D eigenvalue weighted by atomic mass is 16.4. The molecule has 5 rings (SSSR count). The van der Waals surface area contributed by atoms with Gasteiger partial charge in [0.2, 0.25) is 5.78 Å². The highest BCUT2D eigenvalue weighted by Gasteiger charge is 2.21. The number of carbonyl (C=O) groups is 1. The van der Waals surface area contributed by atoms with Gasteiger partial charge in [-0.2, -0.15) is 5.10 Å². The van der Waals surface area contributed by atoms with Gasteiger partial charge in [-0.05, 0) is 18.7 Å². The molecule has 0 radical (unpaired) electrons. The number of aryl methyl sites for hydroxylation is 1. The predicted octanol–water partition coefficient (Wildman–Crippen LogP) is 2.20. The molecule has 4 heterocycles. The maximum atomic E-state index is 12.7. The summed E-state index contributed by atoms with van der Waals surface area (Å²) in [5.74, 6) is 0.510. The number of carbonyl (C=O) groups excluding carboxylic acids is 1. The quantitative estimate of drug-likeness (QED) is 0.456. The van der Waals surface area contributed by atoms with Crippen LogP contribution < -0.4 is 4.90 Å². The van der Waals surface area contributed by atoms with Gasteiger partial charge in [0.1, 0.15) is 5.82 Å². The molecular weight excluding hydrogens is 394 g/mol. The monoisotopic (exact) mass is 417 g/mol. The van der Waals surface area contributed by atoms with Crippen LogP contribution >= 0.6 is 0 Å². The van der Waals surface area contributed by atoms with Gasteiger partial charge in [0.15, 0.2) is 5.76 Å². The maximum Gasteiger partial charge on any atom is 0.297 e. The Morgan fingerprint density at radius 3 is 2.65 bits per heavy atom. The Balaban J connectivity index is 1.33. The Hall–Kier alpha value is -3.59. The van der Waals surface area contributed by atoms with E-state index in [4.69, 9.17) is 4.42 Å². The number of Topliss-reactive ketones (excluding diaryl/α,β-unsaturated/α-hetero) is 1. The summed E-state index contributed by atoms with van der Waals surface area (Å²) >= 11 is 0. The van der Waals surface area contributed by atoms with Crippen molar-refractivity contribution in [2.24, 2.45) is 7.05 Å². The van der Waals surface area contributed by atoms with E-state index in [0.717, 1.165) is 48.2 Å². The first-order valence-corrected chi connectivity index (χ1v) is 10.2. The number of likely N-dealkylation sites (N-methyl/N-ethyl adjacent to an activating group) is 1. The fraction of sp³-hybridized carbons (Fsp3) is 0.318. The molecule has 0 aliphatic carbocycles. The maximum absolute atomic E-state index is 12.7. The van der Waals surface area contributed by atoms with Crippen molar-refractivity contribution in [3.8, 4) is 11.1 Å². The lowest BCUT2D eigenvalue weighted by Crippen LogP contribution is -2.44. The van der Waals surface area contributed by atoms with Gasteiger partial charge in [-0.25, -0.2) is 15.0 Å². The number of hydrogen-bond acceptors (Lipinski definition) is 8. The average molecular weight is 417 g/mol. The van der Waals surface area contributed by atoms with Crippen molar-refractivity contribution in [1.82, 2.24) is 29.6 Å². The van der Waals surface area contributed by atoms with Gasteiger partial charge in [0.25, 0.3) is 6.01 Å². The SMILES string of the molecule is CN1CCN(c2ncc(C(=O)Cc3ncc4ccc(-c5cnn(C)c5)cc4n3)o2)CC1. The molecule has 31 heavy (non-hydrogen) atoms. The number of hydrogen-bond donors (Lipinski definition) is 0. The third-order valence-corrected chi connectivity index (χ3v) is 5.53. The van der Waals surface area contributed by atoms with Crippen LogP contribution in [0.3, 0.4) is 0 Å². The summed E-state index contributed by atoms with van der Waals surface area (Å²) in [6.45, 7) is 3.55. The molecule has 0 atom stereocenters. The minimum atomic E-state index is -0.185. The van der Waals surface area contributed by atoms with Gasteiger partial charge in [0, 0.05) is 56.6 Å². The molecule has 0 unspecified atom stereocenters. The molecule has 3 aromatic heterocycles. The van der Waals surface area contributed by atoms with E-state index >= 15 is 0 Å². The summed E-state index contributed by atoms with van der Waals surface area (Å²) in [5, 5.41) is 5.14. The molecule has 0 saturated carbocycles. The highest BCUT2D eigenvalue weighted by Crippen LogP contribution is 2.23. The Bertz CT molecular complexity index is 1240. The van der Waals surface area contributed by atoms with Crippen molar-refractivity contribution in [1.29, 1.82) is 0 Å². The van der Waals surface area contributed by atoms with Crippen LogP contribution in [0, 0.1) is 0 Å². The third kappa shape index (κ3) is 4.04. The molecule has 9 nitrogen and oxygen atoms in total. The standard InChI is InChI=1S/C22H23N7O2/c1-27-5-7-29(8-6-27)22-24-13-20(31-22)19(30)10-21-23-11-16-4-3-15(9-18(16)26-21)17-12-25-28(2)14-17/h3-4,9,11-14H,5-8,10H2,1-2H3. The van der Waals surface area contributed by atoms with Crippen LogP contribution in [0.25, 0.3) is 22.0 Å². The van der Waals surface area contributed by atoms with Gasteiger partial charge >= 0.3 is 0 Å². The van der Waals surface area contributed by atoms with Crippen LogP contribution in [0.1, 0.15) is 16.4 Å². The molecule has 1 aliphatic heterocycles. The smallest absolute Gasteiger partial charge is 0.297 e. The second kappa shape index (κ2) is 7.92. The zero-order chi connectivity index (χ0) is 21.4. The fourth-order valence-electron chi connectivity index (χ4n) is 3.67. The van der Waals surface area contributed by atoms with Gasteiger partial charge < -0.3 is 14.2 Å². The number of oxazole rings is 1. The average Bonchev–Trinajstić information content (AvgIpc) is 3.43. The van der Waals surface area contributed by atoms with Crippen molar-refractivity contribution in [2.45, 2.75) is 6.42 Å². The molecule has 0 spiro atoms. The molecule has 0 amide bonds. The minimum Gasteiger partial charge on any atom is -0.420 e. The van der Waals surface area contributed by atoms with E-state index in [-0.39, 0.29) is 18.0 Å². The summed E-state index contributed by atoms with van der Waals surface area (Å²) in [4.78, 5) is 30.3. The van der Waals surface area contributed by atoms with E-state index in [9.17, 15) is 4.79 Å². The van der Waals surface area contributed by atoms with Gasteiger partial charge in [-0.1, -0.05) is 12.1 Å². The van der Waals surface area contributed by atoms with Crippen molar-refractivity contribution >= 4 is 22.7 Å². The van der Waals surface area contributed by atoms with E-state index in [0.29, 0.717) is 11.8 Å². The van der Waals surface area contributed by atoms with E-state index in [2.05, 4.69) is 36.9 Å². The lowest BCUT2D eigenvalue weighted by atomic mass is 10.1. The molecule has 1 aliphatic rings. The lowest BCUT2D eigenvalue weighted by Gasteiger charge is -2.31. The number of anilines is 1. The normalized spacial score (nSPS) is 15.0. The minimum absolute atomic E-state index is 0.0600. The Morgan fingerprint density at radius 2 is 1.87 bits per heavy atom. The first-order valence-electron chi connectivity index (χ1n) is 10.2. The predicted molar refractivity (Wildman–Crippen MR) is 116 cm³/mol. The number of benzene rings is 1. The molecule has 4 aromatic rings.